The van der Waals surface area contributed by atoms with E-state index in [2.05, 4.69) is 6.92 Å². The Labute approximate surface area is 159 Å². The van der Waals surface area contributed by atoms with E-state index in [9.17, 15) is 0 Å². The Kier molecular flexibility index (Phi) is 11.1. The first-order valence-electron chi connectivity index (χ1n) is 10.9. The zero-order valence-corrected chi connectivity index (χ0v) is 16.6. The molecule has 0 aromatic carbocycles. The lowest BCUT2D eigenvalue weighted by molar-refractivity contribution is 0.00526. The average Bonchev–Trinajstić information content (AvgIpc) is 3.56. The van der Waals surface area contributed by atoms with Crippen LogP contribution in [0.1, 0.15) is 84.0 Å². The molecule has 5 atom stereocenters. The smallest absolute Gasteiger partial charge is 0.100 e. The Balaban J connectivity index is 1.29. The molecule has 2 N–H and O–H groups in total. The standard InChI is InChI=1S/C21H40O5/c1-2-3-8-11-18-20(25-18)14-21-19(26-21)12-9-6-4-5-7-10-13-24-16-17(23)15-22/h17-23H,2-16H2,1H3. The molecular weight excluding hydrogens is 332 g/mol. The van der Waals surface area contributed by atoms with Gasteiger partial charge in [0.1, 0.15) is 6.10 Å². The van der Waals surface area contributed by atoms with Gasteiger partial charge < -0.3 is 24.4 Å². The highest BCUT2D eigenvalue weighted by Crippen LogP contribution is 2.39. The summed E-state index contributed by atoms with van der Waals surface area (Å²) in [6, 6.07) is 0. The predicted molar refractivity (Wildman–Crippen MR) is 102 cm³/mol. The SMILES string of the molecule is CCCCCC1OC1CC1OC1CCCCCCCCOCC(O)CO. The number of ether oxygens (including phenoxy) is 3. The van der Waals surface area contributed by atoms with Crippen molar-refractivity contribution in [1.82, 2.24) is 0 Å². The van der Waals surface area contributed by atoms with Crippen LogP contribution in [0.5, 0.6) is 0 Å². The van der Waals surface area contributed by atoms with Gasteiger partial charge in [-0.05, 0) is 19.3 Å². The third-order valence-corrected chi connectivity index (χ3v) is 5.48. The topological polar surface area (TPSA) is 74.8 Å². The van der Waals surface area contributed by atoms with Gasteiger partial charge in [0.2, 0.25) is 0 Å². The Bertz CT molecular complexity index is 351. The number of rotatable bonds is 18. The molecule has 2 fully saturated rings. The lowest BCUT2D eigenvalue weighted by Gasteiger charge is -2.07. The molecule has 5 unspecified atom stereocenters. The van der Waals surface area contributed by atoms with Crippen molar-refractivity contribution in [1.29, 1.82) is 0 Å². The highest BCUT2D eigenvalue weighted by Gasteiger charge is 2.47. The van der Waals surface area contributed by atoms with Crippen molar-refractivity contribution in [3.63, 3.8) is 0 Å². The summed E-state index contributed by atoms with van der Waals surface area (Å²) in [6.07, 6.45) is 16.0. The molecule has 2 aliphatic heterocycles. The van der Waals surface area contributed by atoms with Crippen LogP contribution in [0, 0.1) is 0 Å². The van der Waals surface area contributed by atoms with Crippen LogP contribution >= 0.6 is 0 Å². The minimum Gasteiger partial charge on any atom is -0.394 e. The monoisotopic (exact) mass is 372 g/mol. The van der Waals surface area contributed by atoms with E-state index in [0.29, 0.717) is 31.0 Å². The van der Waals surface area contributed by atoms with Crippen molar-refractivity contribution in [2.45, 2.75) is 114 Å². The van der Waals surface area contributed by atoms with Crippen LogP contribution in [-0.4, -0.2) is 60.6 Å². The fourth-order valence-corrected chi connectivity index (χ4v) is 3.63. The third-order valence-electron chi connectivity index (χ3n) is 5.48. The number of aliphatic hydroxyl groups is 2. The molecule has 2 aliphatic rings. The van der Waals surface area contributed by atoms with Crippen molar-refractivity contribution in [3.8, 4) is 0 Å². The number of unbranched alkanes of at least 4 members (excludes halogenated alkanes) is 7. The van der Waals surface area contributed by atoms with Crippen molar-refractivity contribution in [2.75, 3.05) is 19.8 Å². The molecule has 0 aromatic rings. The first-order chi connectivity index (χ1) is 12.7. The lowest BCUT2D eigenvalue weighted by Crippen LogP contribution is -2.19. The second-order valence-corrected chi connectivity index (χ2v) is 7.98. The molecule has 0 bridgehead atoms. The van der Waals surface area contributed by atoms with Gasteiger partial charge in [-0.2, -0.15) is 0 Å². The Morgan fingerprint density at radius 1 is 0.808 bits per heavy atom. The molecule has 0 spiro atoms. The molecule has 0 saturated carbocycles. The van der Waals surface area contributed by atoms with E-state index in [1.54, 1.807) is 0 Å². The molecule has 0 aromatic heterocycles. The maximum atomic E-state index is 9.14. The summed E-state index contributed by atoms with van der Waals surface area (Å²) in [5, 5.41) is 17.8. The van der Waals surface area contributed by atoms with Gasteiger partial charge in [-0.3, -0.25) is 0 Å². The van der Waals surface area contributed by atoms with Crippen LogP contribution in [0.4, 0.5) is 0 Å². The van der Waals surface area contributed by atoms with E-state index in [1.807, 2.05) is 0 Å². The number of aliphatic hydroxyl groups excluding tert-OH is 2. The van der Waals surface area contributed by atoms with Crippen LogP contribution in [0.25, 0.3) is 0 Å². The van der Waals surface area contributed by atoms with E-state index < -0.39 is 6.10 Å². The minimum atomic E-state index is -0.734. The average molecular weight is 373 g/mol. The number of epoxide rings is 2. The highest BCUT2D eigenvalue weighted by molar-refractivity contribution is 4.94. The third kappa shape index (κ3) is 9.65. The first-order valence-corrected chi connectivity index (χ1v) is 10.9. The zero-order valence-electron chi connectivity index (χ0n) is 16.6. The maximum Gasteiger partial charge on any atom is 0.100 e. The molecular formula is C21H40O5. The molecule has 2 heterocycles. The molecule has 0 amide bonds. The predicted octanol–water partition coefficient (Wildman–Crippen LogP) is 3.59. The normalized spacial score (nSPS) is 28.3. The molecule has 5 nitrogen and oxygen atoms in total. The van der Waals surface area contributed by atoms with E-state index >= 15 is 0 Å². The van der Waals surface area contributed by atoms with Crippen molar-refractivity contribution in [2.24, 2.45) is 0 Å². The minimum absolute atomic E-state index is 0.223. The van der Waals surface area contributed by atoms with Crippen LogP contribution in [0.2, 0.25) is 0 Å². The van der Waals surface area contributed by atoms with Gasteiger partial charge in [-0.25, -0.2) is 0 Å². The molecule has 0 radical (unpaired) electrons. The van der Waals surface area contributed by atoms with E-state index in [0.717, 1.165) is 12.8 Å². The van der Waals surface area contributed by atoms with Crippen molar-refractivity contribution < 1.29 is 24.4 Å². The first kappa shape index (κ1) is 22.1. The van der Waals surface area contributed by atoms with Gasteiger partial charge in [0.15, 0.2) is 0 Å². The van der Waals surface area contributed by atoms with Crippen LogP contribution < -0.4 is 0 Å². The maximum absolute atomic E-state index is 9.14. The fraction of sp³-hybridized carbons (Fsp3) is 1.00. The summed E-state index contributed by atoms with van der Waals surface area (Å²) >= 11 is 0. The van der Waals surface area contributed by atoms with Gasteiger partial charge in [-0.15, -0.1) is 0 Å². The largest absolute Gasteiger partial charge is 0.394 e. The fourth-order valence-electron chi connectivity index (χ4n) is 3.63. The lowest BCUT2D eigenvalue weighted by atomic mass is 10.0. The summed E-state index contributed by atoms with van der Waals surface area (Å²) in [4.78, 5) is 0. The Hall–Kier alpha value is -0.200. The highest BCUT2D eigenvalue weighted by atomic mass is 16.6. The van der Waals surface area contributed by atoms with Gasteiger partial charge in [0.05, 0.1) is 37.6 Å². The Morgan fingerprint density at radius 3 is 2.00 bits per heavy atom. The van der Waals surface area contributed by atoms with Crippen LogP contribution in [0.15, 0.2) is 0 Å². The molecule has 154 valence electrons. The van der Waals surface area contributed by atoms with Crippen molar-refractivity contribution >= 4 is 0 Å². The van der Waals surface area contributed by atoms with E-state index in [-0.39, 0.29) is 13.2 Å². The van der Waals surface area contributed by atoms with Gasteiger partial charge in [-0.1, -0.05) is 58.3 Å². The molecule has 2 rings (SSSR count). The van der Waals surface area contributed by atoms with Crippen LogP contribution in [0.3, 0.4) is 0 Å². The second-order valence-electron chi connectivity index (χ2n) is 7.98. The van der Waals surface area contributed by atoms with Crippen molar-refractivity contribution in [3.05, 3.63) is 0 Å². The van der Waals surface area contributed by atoms with E-state index in [1.165, 1.54) is 64.2 Å². The quantitative estimate of drug-likeness (QED) is 0.284. The number of hydrogen-bond donors (Lipinski definition) is 2. The molecule has 26 heavy (non-hydrogen) atoms. The molecule has 0 aliphatic carbocycles. The molecule has 5 heteroatoms. The summed E-state index contributed by atoms with van der Waals surface area (Å²) in [5.74, 6) is 0. The van der Waals surface area contributed by atoms with Gasteiger partial charge in [0.25, 0.3) is 0 Å². The van der Waals surface area contributed by atoms with Gasteiger partial charge >= 0.3 is 0 Å². The summed E-state index contributed by atoms with van der Waals surface area (Å²) in [5.41, 5.74) is 0. The summed E-state index contributed by atoms with van der Waals surface area (Å²) in [6.45, 7) is 2.94. The zero-order chi connectivity index (χ0) is 18.6. The second kappa shape index (κ2) is 13.1. The number of hydrogen-bond acceptors (Lipinski definition) is 5. The van der Waals surface area contributed by atoms with E-state index in [4.69, 9.17) is 24.4 Å². The summed E-state index contributed by atoms with van der Waals surface area (Å²) in [7, 11) is 0. The Morgan fingerprint density at radius 2 is 1.38 bits per heavy atom. The molecule has 2 saturated heterocycles. The van der Waals surface area contributed by atoms with Gasteiger partial charge in [0, 0.05) is 13.0 Å². The summed E-state index contributed by atoms with van der Waals surface area (Å²) < 4.78 is 16.9. The van der Waals surface area contributed by atoms with Crippen LogP contribution in [-0.2, 0) is 14.2 Å².